The lowest BCUT2D eigenvalue weighted by Crippen LogP contribution is -2.35. The summed E-state index contributed by atoms with van der Waals surface area (Å²) < 4.78 is 17.3. The molecule has 1 unspecified atom stereocenters. The molecule has 8 heteroatoms. The Balaban J connectivity index is 1.76. The van der Waals surface area contributed by atoms with Crippen molar-refractivity contribution in [3.8, 4) is 17.2 Å². The zero-order chi connectivity index (χ0) is 29.5. The first-order valence-corrected chi connectivity index (χ1v) is 13.4. The average Bonchev–Trinajstić information content (AvgIpc) is 3.23. The number of aliphatic hydroxyl groups is 1. The maximum atomic E-state index is 13.4. The lowest BCUT2D eigenvalue weighted by atomic mass is 9.93. The van der Waals surface area contributed by atoms with Crippen LogP contribution < -0.4 is 14.2 Å². The van der Waals surface area contributed by atoms with E-state index < -0.39 is 17.7 Å². The van der Waals surface area contributed by atoms with Crippen LogP contribution in [0.4, 0.5) is 0 Å². The molecule has 1 aliphatic heterocycles. The van der Waals surface area contributed by atoms with Crippen molar-refractivity contribution in [2.75, 3.05) is 40.9 Å². The Morgan fingerprint density at radius 2 is 1.78 bits per heavy atom. The SMILES string of the molecule is C=CCOc1ccc(C(O)=C2C(=O)C(=O)N(CCN(C)C)C2c2ccc(OCc3ccccc3)c(OC)c2)c(C)c1. The van der Waals surface area contributed by atoms with E-state index in [2.05, 4.69) is 6.58 Å². The number of ketones is 1. The molecule has 1 atom stereocenters. The summed E-state index contributed by atoms with van der Waals surface area (Å²) in [5.74, 6) is -0.0474. The number of amides is 1. The second-order valence-electron chi connectivity index (χ2n) is 10.1. The van der Waals surface area contributed by atoms with E-state index in [-0.39, 0.29) is 11.3 Å². The van der Waals surface area contributed by atoms with Crippen molar-refractivity contribution in [3.63, 3.8) is 0 Å². The monoisotopic (exact) mass is 556 g/mol. The van der Waals surface area contributed by atoms with Crippen molar-refractivity contribution in [1.82, 2.24) is 9.80 Å². The van der Waals surface area contributed by atoms with Crippen LogP contribution in [0.3, 0.4) is 0 Å². The van der Waals surface area contributed by atoms with Gasteiger partial charge in [-0.1, -0.05) is 49.1 Å². The van der Waals surface area contributed by atoms with Gasteiger partial charge in [-0.2, -0.15) is 0 Å². The van der Waals surface area contributed by atoms with Crippen LogP contribution in [0.15, 0.2) is 85.0 Å². The van der Waals surface area contributed by atoms with Crippen LogP contribution >= 0.6 is 0 Å². The summed E-state index contributed by atoms with van der Waals surface area (Å²) in [4.78, 5) is 30.2. The van der Waals surface area contributed by atoms with Gasteiger partial charge in [0.25, 0.3) is 11.7 Å². The molecule has 41 heavy (non-hydrogen) atoms. The fraction of sp³-hybridized carbons (Fsp3) is 0.273. The number of aliphatic hydroxyl groups excluding tert-OH is 1. The molecule has 0 aromatic heterocycles. The maximum Gasteiger partial charge on any atom is 0.295 e. The van der Waals surface area contributed by atoms with E-state index in [9.17, 15) is 14.7 Å². The van der Waals surface area contributed by atoms with E-state index in [0.717, 1.165) is 5.56 Å². The smallest absolute Gasteiger partial charge is 0.295 e. The number of ether oxygens (including phenoxy) is 3. The number of likely N-dealkylation sites (tertiary alicyclic amines) is 1. The fourth-order valence-electron chi connectivity index (χ4n) is 4.77. The zero-order valence-electron chi connectivity index (χ0n) is 23.9. The number of rotatable bonds is 12. The zero-order valence-corrected chi connectivity index (χ0v) is 23.9. The molecule has 1 heterocycles. The number of aryl methyl sites for hydroxylation is 1. The van der Waals surface area contributed by atoms with Crippen molar-refractivity contribution >= 4 is 17.4 Å². The number of carbonyl (C=O) groups excluding carboxylic acids is 2. The molecule has 0 aliphatic carbocycles. The number of hydrogen-bond acceptors (Lipinski definition) is 7. The summed E-state index contributed by atoms with van der Waals surface area (Å²) in [5.41, 5.74) is 2.80. The highest BCUT2D eigenvalue weighted by Crippen LogP contribution is 2.42. The van der Waals surface area contributed by atoms with Gasteiger partial charge in [0.2, 0.25) is 0 Å². The maximum absolute atomic E-state index is 13.4. The van der Waals surface area contributed by atoms with E-state index in [1.165, 1.54) is 12.0 Å². The Hall–Kier alpha value is -4.56. The Morgan fingerprint density at radius 3 is 2.44 bits per heavy atom. The molecular weight excluding hydrogens is 520 g/mol. The van der Waals surface area contributed by atoms with Crippen LogP contribution in [-0.4, -0.2) is 67.5 Å². The fourth-order valence-corrected chi connectivity index (χ4v) is 4.77. The molecule has 214 valence electrons. The van der Waals surface area contributed by atoms with Crippen LogP contribution in [0.2, 0.25) is 0 Å². The van der Waals surface area contributed by atoms with Gasteiger partial charge in [0.15, 0.2) is 11.5 Å². The van der Waals surface area contributed by atoms with Gasteiger partial charge < -0.3 is 29.1 Å². The lowest BCUT2D eigenvalue weighted by Gasteiger charge is -2.27. The van der Waals surface area contributed by atoms with Gasteiger partial charge >= 0.3 is 0 Å². The molecule has 1 saturated heterocycles. The highest BCUT2D eigenvalue weighted by atomic mass is 16.5. The number of likely N-dealkylation sites (N-methyl/N-ethyl adjacent to an activating group) is 1. The Bertz CT molecular complexity index is 1450. The van der Waals surface area contributed by atoms with Gasteiger partial charge in [0.1, 0.15) is 24.7 Å². The summed E-state index contributed by atoms with van der Waals surface area (Å²) >= 11 is 0. The molecule has 1 aliphatic rings. The van der Waals surface area contributed by atoms with Gasteiger partial charge in [-0.25, -0.2) is 0 Å². The Labute approximate surface area is 241 Å². The number of nitrogens with zero attached hydrogens (tertiary/aromatic N) is 2. The van der Waals surface area contributed by atoms with Gasteiger partial charge in [0, 0.05) is 18.7 Å². The number of Topliss-reactive ketones (excluding diaryl/α,β-unsaturated/α-hetero) is 1. The molecule has 1 fully saturated rings. The first-order chi connectivity index (χ1) is 19.7. The van der Waals surface area contributed by atoms with E-state index in [1.807, 2.05) is 56.3 Å². The van der Waals surface area contributed by atoms with Crippen molar-refractivity contribution in [2.45, 2.75) is 19.6 Å². The third-order valence-electron chi connectivity index (χ3n) is 6.89. The van der Waals surface area contributed by atoms with E-state index in [1.54, 1.807) is 42.5 Å². The van der Waals surface area contributed by atoms with Crippen LogP contribution in [-0.2, 0) is 16.2 Å². The largest absolute Gasteiger partial charge is 0.507 e. The summed E-state index contributed by atoms with van der Waals surface area (Å²) in [6.07, 6.45) is 1.64. The van der Waals surface area contributed by atoms with Crippen molar-refractivity contribution in [1.29, 1.82) is 0 Å². The minimum atomic E-state index is -0.817. The molecule has 3 aromatic carbocycles. The Kier molecular flexibility index (Phi) is 9.47. The second-order valence-corrected chi connectivity index (χ2v) is 10.1. The molecule has 0 saturated carbocycles. The molecule has 3 aromatic rings. The molecular formula is C33H36N2O6. The Morgan fingerprint density at radius 1 is 1.02 bits per heavy atom. The van der Waals surface area contributed by atoms with Crippen molar-refractivity contribution in [3.05, 3.63) is 107 Å². The molecule has 0 spiro atoms. The quantitative estimate of drug-likeness (QED) is 0.143. The lowest BCUT2D eigenvalue weighted by molar-refractivity contribution is -0.140. The molecule has 1 N–H and O–H groups in total. The van der Waals surface area contributed by atoms with Crippen LogP contribution in [0, 0.1) is 6.92 Å². The standard InChI is InChI=1S/C33H36N2O6/c1-6-18-40-25-13-14-26(22(2)19-25)31(36)29-30(35(17-16-34(3)4)33(38)32(29)37)24-12-15-27(28(20-24)39-5)41-21-23-10-8-7-9-11-23/h6-15,19-20,30,36H,1,16-18,21H2,2-5H3. The minimum Gasteiger partial charge on any atom is -0.507 e. The number of methoxy groups -OCH3 is 1. The van der Waals surface area contributed by atoms with E-state index in [4.69, 9.17) is 14.2 Å². The van der Waals surface area contributed by atoms with Crippen molar-refractivity contribution < 1.29 is 28.9 Å². The van der Waals surface area contributed by atoms with Gasteiger partial charge in [-0.05, 0) is 68.0 Å². The number of carbonyl (C=O) groups is 2. The molecule has 0 bridgehead atoms. The second kappa shape index (κ2) is 13.2. The normalized spacial score (nSPS) is 16.2. The van der Waals surface area contributed by atoms with Crippen LogP contribution in [0.25, 0.3) is 5.76 Å². The molecule has 1 amide bonds. The van der Waals surface area contributed by atoms with E-state index in [0.29, 0.717) is 60.2 Å². The topological polar surface area (TPSA) is 88.5 Å². The first-order valence-electron chi connectivity index (χ1n) is 13.4. The first kappa shape index (κ1) is 29.4. The minimum absolute atomic E-state index is 0.0247. The molecule has 0 radical (unpaired) electrons. The number of benzene rings is 3. The summed E-state index contributed by atoms with van der Waals surface area (Å²) in [6, 6.07) is 19.5. The van der Waals surface area contributed by atoms with Crippen LogP contribution in [0.1, 0.15) is 28.3 Å². The highest BCUT2D eigenvalue weighted by Gasteiger charge is 2.46. The summed E-state index contributed by atoms with van der Waals surface area (Å²) in [6.45, 7) is 6.99. The van der Waals surface area contributed by atoms with Gasteiger partial charge in [-0.15, -0.1) is 0 Å². The van der Waals surface area contributed by atoms with Gasteiger partial charge in [0.05, 0.1) is 18.7 Å². The number of hydrogen-bond donors (Lipinski definition) is 1. The van der Waals surface area contributed by atoms with E-state index >= 15 is 0 Å². The van der Waals surface area contributed by atoms with Crippen LogP contribution in [0.5, 0.6) is 17.2 Å². The molecule has 8 nitrogen and oxygen atoms in total. The highest BCUT2D eigenvalue weighted by molar-refractivity contribution is 6.46. The van der Waals surface area contributed by atoms with Gasteiger partial charge in [-0.3, -0.25) is 9.59 Å². The third-order valence-corrected chi connectivity index (χ3v) is 6.89. The predicted octanol–water partition coefficient (Wildman–Crippen LogP) is 5.13. The molecule has 4 rings (SSSR count). The van der Waals surface area contributed by atoms with Crippen molar-refractivity contribution in [2.24, 2.45) is 0 Å². The predicted molar refractivity (Wildman–Crippen MR) is 158 cm³/mol. The average molecular weight is 557 g/mol. The summed E-state index contributed by atoms with van der Waals surface area (Å²) in [7, 11) is 5.33. The summed E-state index contributed by atoms with van der Waals surface area (Å²) in [5, 5.41) is 11.5. The third kappa shape index (κ3) is 6.61.